The van der Waals surface area contributed by atoms with Crippen LogP contribution in [0.3, 0.4) is 0 Å². The van der Waals surface area contributed by atoms with Gasteiger partial charge in [-0.2, -0.15) is 0 Å². The van der Waals surface area contributed by atoms with Gasteiger partial charge in [-0.05, 0) is 92.8 Å². The van der Waals surface area contributed by atoms with Gasteiger partial charge in [-0.3, -0.25) is 19.3 Å². The van der Waals surface area contributed by atoms with E-state index < -0.39 is 11.1 Å². The molecule has 0 atom stereocenters. The Morgan fingerprint density at radius 2 is 1.65 bits per heavy atom. The van der Waals surface area contributed by atoms with Gasteiger partial charge in [0.25, 0.3) is 11.1 Å². The van der Waals surface area contributed by atoms with Crippen molar-refractivity contribution in [2.75, 3.05) is 13.1 Å². The maximum absolute atomic E-state index is 13.2. The molecule has 0 spiro atoms. The molecule has 0 radical (unpaired) electrons. The summed E-state index contributed by atoms with van der Waals surface area (Å²) in [6.07, 6.45) is 2.56. The first kappa shape index (κ1) is 25.1. The van der Waals surface area contributed by atoms with Crippen molar-refractivity contribution in [1.82, 2.24) is 14.4 Å². The molecule has 7 heteroatoms. The van der Waals surface area contributed by atoms with Crippen LogP contribution in [0.5, 0.6) is 0 Å². The van der Waals surface area contributed by atoms with Gasteiger partial charge in [0.1, 0.15) is 6.54 Å². The van der Waals surface area contributed by atoms with Gasteiger partial charge in [-0.15, -0.1) is 0 Å². The van der Waals surface area contributed by atoms with Crippen LogP contribution in [-0.4, -0.2) is 44.5 Å². The van der Waals surface area contributed by atoms with Gasteiger partial charge in [0.05, 0.1) is 10.6 Å². The summed E-state index contributed by atoms with van der Waals surface area (Å²) in [6.45, 7) is 11.2. The molecule has 1 aromatic heterocycles. The Hall–Kier alpha value is -3.58. The van der Waals surface area contributed by atoms with E-state index >= 15 is 0 Å². The number of imide groups is 1. The quantitative estimate of drug-likeness (QED) is 0.424. The van der Waals surface area contributed by atoms with Crippen molar-refractivity contribution in [2.45, 2.75) is 47.6 Å². The first-order valence-electron chi connectivity index (χ1n) is 12.5. The number of thioether (sulfide) groups is 1. The lowest BCUT2D eigenvalue weighted by Crippen LogP contribution is -2.44. The Balaban J connectivity index is 1.36. The number of nitrogens with zero attached hydrogens (tertiary/aromatic N) is 3. The van der Waals surface area contributed by atoms with Crippen molar-refractivity contribution in [3.63, 3.8) is 0 Å². The van der Waals surface area contributed by atoms with Gasteiger partial charge < -0.3 is 9.47 Å². The molecule has 2 aliphatic heterocycles. The standard InChI is InChI=1S/C30H31N3O3S/c1-18-12-19(2)28(20(3)13-18)33-21(4)14-25(22(33)5)15-26-29(35)32(30(36)37-26)17-27(34)31-11-10-23-8-6-7-9-24(23)16-31/h6-9,12-15H,10-11,16-17H2,1-5H3/b26-15-. The second-order valence-corrected chi connectivity index (χ2v) is 11.0. The van der Waals surface area contributed by atoms with Crippen LogP contribution in [0.2, 0.25) is 0 Å². The topological polar surface area (TPSA) is 62.6 Å². The maximum atomic E-state index is 13.2. The van der Waals surface area contributed by atoms with E-state index in [2.05, 4.69) is 43.5 Å². The number of carbonyl (C=O) groups is 3. The first-order chi connectivity index (χ1) is 17.6. The number of benzene rings is 2. The highest BCUT2D eigenvalue weighted by molar-refractivity contribution is 8.18. The maximum Gasteiger partial charge on any atom is 0.294 e. The second kappa shape index (κ2) is 9.71. The Bertz CT molecular complexity index is 1460. The third kappa shape index (κ3) is 4.64. The minimum Gasteiger partial charge on any atom is -0.336 e. The Kier molecular flexibility index (Phi) is 6.58. The molecule has 0 aliphatic carbocycles. The molecule has 5 rings (SSSR count). The average Bonchev–Trinajstić information content (AvgIpc) is 3.27. The molecule has 2 aromatic carbocycles. The minimum absolute atomic E-state index is 0.207. The Labute approximate surface area is 221 Å². The minimum atomic E-state index is -0.409. The Morgan fingerprint density at radius 1 is 0.973 bits per heavy atom. The number of carbonyl (C=O) groups excluding carboxylic acids is 3. The number of aryl methyl sites for hydroxylation is 4. The number of amides is 3. The van der Waals surface area contributed by atoms with Crippen LogP contribution in [0.15, 0.2) is 47.4 Å². The number of rotatable bonds is 4. The van der Waals surface area contributed by atoms with Crippen molar-refractivity contribution < 1.29 is 14.4 Å². The lowest BCUT2D eigenvalue weighted by Gasteiger charge is -2.29. The van der Waals surface area contributed by atoms with Crippen LogP contribution in [0.1, 0.15) is 44.8 Å². The molecule has 3 aromatic rings. The third-order valence-corrected chi connectivity index (χ3v) is 8.17. The van der Waals surface area contributed by atoms with Crippen LogP contribution in [0, 0.1) is 34.6 Å². The van der Waals surface area contributed by atoms with Gasteiger partial charge in [0, 0.05) is 24.5 Å². The highest BCUT2D eigenvalue weighted by Gasteiger charge is 2.37. The van der Waals surface area contributed by atoms with Gasteiger partial charge in [-0.1, -0.05) is 42.0 Å². The van der Waals surface area contributed by atoms with E-state index in [0.29, 0.717) is 18.0 Å². The molecule has 1 fully saturated rings. The zero-order chi connectivity index (χ0) is 26.4. The number of aromatic nitrogens is 1. The van der Waals surface area contributed by atoms with Crippen molar-refractivity contribution in [1.29, 1.82) is 0 Å². The van der Waals surface area contributed by atoms with E-state index in [0.717, 1.165) is 51.3 Å². The monoisotopic (exact) mass is 513 g/mol. The highest BCUT2D eigenvalue weighted by Crippen LogP contribution is 2.35. The van der Waals surface area contributed by atoms with Crippen LogP contribution >= 0.6 is 11.8 Å². The fourth-order valence-electron chi connectivity index (χ4n) is 5.52. The van der Waals surface area contributed by atoms with Crippen LogP contribution in [-0.2, 0) is 22.6 Å². The van der Waals surface area contributed by atoms with Crippen molar-refractivity contribution >= 4 is 34.9 Å². The molecule has 37 heavy (non-hydrogen) atoms. The molecule has 0 bridgehead atoms. The molecule has 6 nitrogen and oxygen atoms in total. The van der Waals surface area contributed by atoms with Gasteiger partial charge in [0.2, 0.25) is 5.91 Å². The number of hydrogen-bond acceptors (Lipinski definition) is 4. The van der Waals surface area contributed by atoms with E-state index in [1.807, 2.05) is 38.1 Å². The summed E-state index contributed by atoms with van der Waals surface area (Å²) in [5.41, 5.74) is 10.0. The fraction of sp³-hybridized carbons (Fsp3) is 0.300. The largest absolute Gasteiger partial charge is 0.336 e. The molecule has 3 amide bonds. The third-order valence-electron chi connectivity index (χ3n) is 7.27. The average molecular weight is 514 g/mol. The lowest BCUT2D eigenvalue weighted by molar-refractivity contribution is -0.136. The SMILES string of the molecule is Cc1cc(C)c(-n2c(C)cc(/C=C3\SC(=O)N(CC(=O)N4CCc5ccccc5C4)C3=O)c2C)c(C)c1. The summed E-state index contributed by atoms with van der Waals surface area (Å²) < 4.78 is 2.21. The first-order valence-corrected chi connectivity index (χ1v) is 13.3. The van der Waals surface area contributed by atoms with E-state index in [4.69, 9.17) is 0 Å². The molecule has 3 heterocycles. The molecule has 0 unspecified atom stereocenters. The highest BCUT2D eigenvalue weighted by atomic mass is 32.2. The molecule has 0 N–H and O–H groups in total. The zero-order valence-electron chi connectivity index (χ0n) is 21.9. The number of hydrogen-bond donors (Lipinski definition) is 0. The summed E-state index contributed by atoms with van der Waals surface area (Å²) in [5, 5.41) is -0.402. The summed E-state index contributed by atoms with van der Waals surface area (Å²) in [4.78, 5) is 42.1. The van der Waals surface area contributed by atoms with Gasteiger partial charge in [-0.25, -0.2) is 0 Å². The number of fused-ring (bicyclic) bond motifs is 1. The summed E-state index contributed by atoms with van der Waals surface area (Å²) in [6, 6.07) is 14.5. The van der Waals surface area contributed by atoms with Crippen molar-refractivity contribution in [2.24, 2.45) is 0 Å². The second-order valence-electron chi connectivity index (χ2n) is 10.0. The normalized spacial score (nSPS) is 16.6. The van der Waals surface area contributed by atoms with E-state index in [-0.39, 0.29) is 12.5 Å². The van der Waals surface area contributed by atoms with Crippen molar-refractivity contribution in [3.8, 4) is 5.69 Å². The van der Waals surface area contributed by atoms with Crippen molar-refractivity contribution in [3.05, 3.63) is 92.1 Å². The van der Waals surface area contributed by atoms with Crippen LogP contribution in [0.4, 0.5) is 4.79 Å². The molecule has 190 valence electrons. The summed E-state index contributed by atoms with van der Waals surface area (Å²) >= 11 is 0.900. The summed E-state index contributed by atoms with van der Waals surface area (Å²) in [5.74, 6) is -0.616. The predicted octanol–water partition coefficient (Wildman–Crippen LogP) is 5.64. The fourth-order valence-corrected chi connectivity index (χ4v) is 6.35. The van der Waals surface area contributed by atoms with E-state index in [1.54, 1.807) is 11.0 Å². The smallest absolute Gasteiger partial charge is 0.294 e. The zero-order valence-corrected chi connectivity index (χ0v) is 22.7. The molecule has 2 aliphatic rings. The lowest BCUT2D eigenvalue weighted by atomic mass is 10.00. The predicted molar refractivity (Wildman–Crippen MR) is 148 cm³/mol. The molecule has 1 saturated heterocycles. The van der Waals surface area contributed by atoms with E-state index in [1.165, 1.54) is 22.3 Å². The van der Waals surface area contributed by atoms with Crippen LogP contribution < -0.4 is 0 Å². The Morgan fingerprint density at radius 3 is 2.35 bits per heavy atom. The molecule has 0 saturated carbocycles. The van der Waals surface area contributed by atoms with Gasteiger partial charge in [0.15, 0.2) is 0 Å². The van der Waals surface area contributed by atoms with Gasteiger partial charge >= 0.3 is 0 Å². The van der Waals surface area contributed by atoms with Crippen LogP contribution in [0.25, 0.3) is 11.8 Å². The molecular weight excluding hydrogens is 482 g/mol. The van der Waals surface area contributed by atoms with E-state index in [9.17, 15) is 14.4 Å². The molecular formula is C30H31N3O3S. The summed E-state index contributed by atoms with van der Waals surface area (Å²) in [7, 11) is 0.